The Bertz CT molecular complexity index is 1110. The molecular formula is C27H32N3O2+. The standard InChI is InChI=1S/C27H31N3O2/c1-18-14-15-20(3)24(16-18)29-27(32)26(22-11-7-6-8-12-22)30(5)17-25(31)28-23-13-9-10-19(2)21(23)4/h6-16,26H,17H2,1-5H3,(H,28,31)(H,29,32)/p+1/t26-/m1/s1. The Hall–Kier alpha value is -3.44. The zero-order valence-corrected chi connectivity index (χ0v) is 19.5. The fraction of sp³-hybridized carbons (Fsp3) is 0.259. The van der Waals surface area contributed by atoms with Gasteiger partial charge in [-0.05, 0) is 62.1 Å². The third-order valence-corrected chi connectivity index (χ3v) is 5.86. The van der Waals surface area contributed by atoms with Gasteiger partial charge in [0.1, 0.15) is 0 Å². The number of quaternary nitrogens is 1. The van der Waals surface area contributed by atoms with Crippen molar-refractivity contribution in [3.05, 3.63) is 94.5 Å². The first kappa shape index (κ1) is 23.2. The van der Waals surface area contributed by atoms with Crippen LogP contribution in [0.15, 0.2) is 66.7 Å². The van der Waals surface area contributed by atoms with Crippen molar-refractivity contribution >= 4 is 23.2 Å². The van der Waals surface area contributed by atoms with E-state index < -0.39 is 6.04 Å². The number of anilines is 2. The summed E-state index contributed by atoms with van der Waals surface area (Å²) in [6, 6.07) is 20.9. The highest BCUT2D eigenvalue weighted by atomic mass is 16.2. The van der Waals surface area contributed by atoms with E-state index in [0.29, 0.717) is 0 Å². The molecule has 0 aliphatic rings. The SMILES string of the molecule is Cc1ccc(C)c(NC(=O)[C@@H](c2ccccc2)[NH+](C)CC(=O)Nc2cccc(C)c2C)c1. The van der Waals surface area contributed by atoms with Gasteiger partial charge >= 0.3 is 0 Å². The third kappa shape index (κ3) is 5.62. The molecule has 0 aliphatic carbocycles. The molecule has 0 saturated carbocycles. The second-order valence-corrected chi connectivity index (χ2v) is 8.47. The molecule has 2 amide bonds. The lowest BCUT2D eigenvalue weighted by molar-refractivity contribution is -0.893. The highest BCUT2D eigenvalue weighted by Gasteiger charge is 2.31. The van der Waals surface area contributed by atoms with Crippen LogP contribution in [-0.4, -0.2) is 25.4 Å². The van der Waals surface area contributed by atoms with Crippen LogP contribution in [0, 0.1) is 27.7 Å². The molecule has 5 heteroatoms. The third-order valence-electron chi connectivity index (χ3n) is 5.86. The lowest BCUT2D eigenvalue weighted by atomic mass is 10.0. The summed E-state index contributed by atoms with van der Waals surface area (Å²) in [5.41, 5.74) is 6.72. The highest BCUT2D eigenvalue weighted by Crippen LogP contribution is 2.20. The van der Waals surface area contributed by atoms with E-state index in [1.807, 2.05) is 101 Å². The van der Waals surface area contributed by atoms with Crippen LogP contribution < -0.4 is 15.5 Å². The Morgan fingerprint density at radius 2 is 1.53 bits per heavy atom. The molecule has 3 N–H and O–H groups in total. The molecular weight excluding hydrogens is 398 g/mol. The van der Waals surface area contributed by atoms with Crippen molar-refractivity contribution < 1.29 is 14.5 Å². The Morgan fingerprint density at radius 1 is 0.812 bits per heavy atom. The van der Waals surface area contributed by atoms with Crippen molar-refractivity contribution in [2.75, 3.05) is 24.2 Å². The van der Waals surface area contributed by atoms with Crippen molar-refractivity contribution in [1.82, 2.24) is 0 Å². The molecule has 5 nitrogen and oxygen atoms in total. The van der Waals surface area contributed by atoms with Crippen LogP contribution in [0.3, 0.4) is 0 Å². The van der Waals surface area contributed by atoms with Gasteiger partial charge in [0.2, 0.25) is 0 Å². The van der Waals surface area contributed by atoms with Crippen LogP contribution in [0.2, 0.25) is 0 Å². The van der Waals surface area contributed by atoms with Gasteiger partial charge in [-0.2, -0.15) is 0 Å². The van der Waals surface area contributed by atoms with E-state index in [1.165, 1.54) is 0 Å². The molecule has 0 fully saturated rings. The summed E-state index contributed by atoms with van der Waals surface area (Å²) in [6.45, 7) is 8.14. The average molecular weight is 431 g/mol. The Balaban J connectivity index is 1.80. The Labute approximate surface area is 190 Å². The summed E-state index contributed by atoms with van der Waals surface area (Å²) in [5.74, 6) is -0.265. The summed E-state index contributed by atoms with van der Waals surface area (Å²) in [6.07, 6.45) is 0. The van der Waals surface area contributed by atoms with Gasteiger partial charge in [-0.3, -0.25) is 9.59 Å². The van der Waals surface area contributed by atoms with Gasteiger partial charge in [0, 0.05) is 16.9 Å². The molecule has 3 rings (SSSR count). The van der Waals surface area contributed by atoms with Crippen LogP contribution in [0.25, 0.3) is 0 Å². The van der Waals surface area contributed by atoms with E-state index in [4.69, 9.17) is 0 Å². The van der Waals surface area contributed by atoms with Crippen molar-refractivity contribution in [2.24, 2.45) is 0 Å². The zero-order chi connectivity index (χ0) is 23.3. The number of rotatable bonds is 7. The maximum absolute atomic E-state index is 13.4. The van der Waals surface area contributed by atoms with E-state index in [1.54, 1.807) is 0 Å². The first-order valence-corrected chi connectivity index (χ1v) is 10.9. The predicted octanol–water partition coefficient (Wildman–Crippen LogP) is 3.75. The summed E-state index contributed by atoms with van der Waals surface area (Å²) < 4.78 is 0. The molecule has 0 heterocycles. The first-order chi connectivity index (χ1) is 15.3. The molecule has 166 valence electrons. The van der Waals surface area contributed by atoms with Gasteiger partial charge in [0.05, 0.1) is 7.05 Å². The average Bonchev–Trinajstić information content (AvgIpc) is 2.75. The number of hydrogen-bond donors (Lipinski definition) is 3. The molecule has 0 radical (unpaired) electrons. The zero-order valence-electron chi connectivity index (χ0n) is 19.5. The molecule has 3 aromatic rings. The molecule has 1 unspecified atom stereocenters. The van der Waals surface area contributed by atoms with Gasteiger partial charge in [-0.15, -0.1) is 0 Å². The lowest BCUT2D eigenvalue weighted by Crippen LogP contribution is -3.11. The van der Waals surface area contributed by atoms with E-state index >= 15 is 0 Å². The second-order valence-electron chi connectivity index (χ2n) is 8.47. The smallest absolute Gasteiger partial charge is 0.287 e. The number of likely N-dealkylation sites (N-methyl/N-ethyl adjacent to an activating group) is 1. The topological polar surface area (TPSA) is 62.6 Å². The molecule has 3 aromatic carbocycles. The fourth-order valence-electron chi connectivity index (χ4n) is 3.82. The van der Waals surface area contributed by atoms with Gasteiger partial charge in [-0.25, -0.2) is 0 Å². The number of carbonyl (C=O) groups excluding carboxylic acids is 2. The van der Waals surface area contributed by atoms with E-state index in [0.717, 1.165) is 44.1 Å². The summed E-state index contributed by atoms with van der Waals surface area (Å²) in [7, 11) is 1.88. The largest absolute Gasteiger partial charge is 0.321 e. The summed E-state index contributed by atoms with van der Waals surface area (Å²) >= 11 is 0. The molecule has 0 aromatic heterocycles. The number of nitrogens with one attached hydrogen (secondary N) is 3. The number of carbonyl (C=O) groups is 2. The maximum atomic E-state index is 13.4. The summed E-state index contributed by atoms with van der Waals surface area (Å²) in [5, 5.41) is 6.08. The lowest BCUT2D eigenvalue weighted by Gasteiger charge is -2.25. The van der Waals surface area contributed by atoms with Gasteiger partial charge < -0.3 is 15.5 Å². The molecule has 2 atom stereocenters. The Kier molecular flexibility index (Phi) is 7.44. The summed E-state index contributed by atoms with van der Waals surface area (Å²) in [4.78, 5) is 27.0. The van der Waals surface area contributed by atoms with E-state index in [-0.39, 0.29) is 18.4 Å². The molecule has 0 saturated heterocycles. The van der Waals surface area contributed by atoms with Gasteiger partial charge in [0.15, 0.2) is 12.6 Å². The van der Waals surface area contributed by atoms with Crippen LogP contribution in [-0.2, 0) is 9.59 Å². The molecule has 0 aliphatic heterocycles. The quantitative estimate of drug-likeness (QED) is 0.535. The number of benzene rings is 3. The fourth-order valence-corrected chi connectivity index (χ4v) is 3.82. The normalized spacial score (nSPS) is 12.7. The van der Waals surface area contributed by atoms with Crippen molar-refractivity contribution in [3.8, 4) is 0 Å². The van der Waals surface area contributed by atoms with Crippen LogP contribution in [0.1, 0.15) is 33.9 Å². The van der Waals surface area contributed by atoms with Crippen molar-refractivity contribution in [2.45, 2.75) is 33.7 Å². The molecule has 0 bridgehead atoms. The maximum Gasteiger partial charge on any atom is 0.287 e. The van der Waals surface area contributed by atoms with Crippen LogP contribution >= 0.6 is 0 Å². The van der Waals surface area contributed by atoms with Crippen molar-refractivity contribution in [1.29, 1.82) is 0 Å². The second kappa shape index (κ2) is 10.2. The van der Waals surface area contributed by atoms with Crippen molar-refractivity contribution in [3.63, 3.8) is 0 Å². The van der Waals surface area contributed by atoms with Gasteiger partial charge in [0.25, 0.3) is 11.8 Å². The minimum absolute atomic E-state index is 0.128. The molecule has 32 heavy (non-hydrogen) atoms. The first-order valence-electron chi connectivity index (χ1n) is 10.9. The minimum Gasteiger partial charge on any atom is -0.321 e. The Morgan fingerprint density at radius 3 is 2.25 bits per heavy atom. The highest BCUT2D eigenvalue weighted by molar-refractivity contribution is 5.96. The number of hydrogen-bond acceptors (Lipinski definition) is 2. The van der Waals surface area contributed by atoms with E-state index in [2.05, 4.69) is 10.6 Å². The van der Waals surface area contributed by atoms with Gasteiger partial charge in [-0.1, -0.05) is 54.6 Å². The van der Waals surface area contributed by atoms with E-state index in [9.17, 15) is 9.59 Å². The monoisotopic (exact) mass is 430 g/mol. The van der Waals surface area contributed by atoms with Crippen LogP contribution in [0.4, 0.5) is 11.4 Å². The number of aryl methyl sites for hydroxylation is 3. The predicted molar refractivity (Wildman–Crippen MR) is 130 cm³/mol. The molecule has 0 spiro atoms. The minimum atomic E-state index is -0.527. The number of amides is 2. The van der Waals surface area contributed by atoms with Crippen LogP contribution in [0.5, 0.6) is 0 Å².